The Morgan fingerprint density at radius 3 is 2.33 bits per heavy atom. The summed E-state index contributed by atoms with van der Waals surface area (Å²) in [6.07, 6.45) is 1.71. The third kappa shape index (κ3) is 2.84. The van der Waals surface area contributed by atoms with Crippen LogP contribution in [-0.2, 0) is 4.79 Å². The van der Waals surface area contributed by atoms with E-state index in [9.17, 15) is 4.79 Å². The number of ether oxygens (including phenoxy) is 1. The van der Waals surface area contributed by atoms with E-state index >= 15 is 0 Å². The summed E-state index contributed by atoms with van der Waals surface area (Å²) < 4.78 is 5.33. The van der Waals surface area contributed by atoms with Crippen LogP contribution in [0.2, 0.25) is 0 Å². The molecule has 3 heteroatoms. The van der Waals surface area contributed by atoms with Gasteiger partial charge in [0.1, 0.15) is 5.75 Å². The molecule has 15 heavy (non-hydrogen) atoms. The number of aliphatic carboxylic acids is 1. The first kappa shape index (κ1) is 11.3. The molecule has 0 heterocycles. The molecule has 0 aliphatic rings. The molecular formula is C12H14O3. The molecule has 0 unspecified atom stereocenters. The van der Waals surface area contributed by atoms with Gasteiger partial charge in [-0.15, -0.1) is 0 Å². The molecule has 0 aromatic heterocycles. The van der Waals surface area contributed by atoms with E-state index in [2.05, 4.69) is 6.58 Å². The minimum atomic E-state index is -1.21. The van der Waals surface area contributed by atoms with Crippen LogP contribution in [0.4, 0.5) is 0 Å². The maximum atomic E-state index is 10.8. The Hall–Kier alpha value is -1.77. The molecule has 0 saturated carbocycles. The van der Waals surface area contributed by atoms with Gasteiger partial charge in [0.25, 0.3) is 0 Å². The molecule has 0 radical (unpaired) electrons. The molecule has 0 aliphatic heterocycles. The van der Waals surface area contributed by atoms with Gasteiger partial charge in [0, 0.05) is 0 Å². The highest BCUT2D eigenvalue weighted by molar-refractivity contribution is 5.76. The Bertz CT molecular complexity index is 363. The fraction of sp³-hybridized carbons (Fsp3) is 0.250. The summed E-state index contributed by atoms with van der Waals surface area (Å²) >= 11 is 0. The van der Waals surface area contributed by atoms with Gasteiger partial charge in [-0.2, -0.15) is 0 Å². The van der Waals surface area contributed by atoms with Gasteiger partial charge in [-0.3, -0.25) is 0 Å². The number of hydrogen-bond donors (Lipinski definition) is 1. The second-order valence-corrected chi connectivity index (χ2v) is 3.69. The second kappa shape index (κ2) is 4.17. The summed E-state index contributed by atoms with van der Waals surface area (Å²) in [5.74, 6) is -0.455. The fourth-order valence-electron chi connectivity index (χ4n) is 1.01. The van der Waals surface area contributed by atoms with Crippen LogP contribution in [0.15, 0.2) is 30.8 Å². The van der Waals surface area contributed by atoms with Crippen molar-refractivity contribution in [1.82, 2.24) is 0 Å². The molecule has 80 valence electrons. The first-order valence-corrected chi connectivity index (χ1v) is 4.60. The summed E-state index contributed by atoms with van der Waals surface area (Å²) in [7, 11) is 0. The molecule has 0 fully saturated rings. The molecule has 0 atom stereocenters. The van der Waals surface area contributed by atoms with Crippen molar-refractivity contribution >= 4 is 12.0 Å². The summed E-state index contributed by atoms with van der Waals surface area (Å²) in [5.41, 5.74) is -0.245. The molecule has 0 bridgehead atoms. The van der Waals surface area contributed by atoms with Gasteiger partial charge in [-0.1, -0.05) is 24.8 Å². The van der Waals surface area contributed by atoms with Gasteiger partial charge < -0.3 is 9.84 Å². The van der Waals surface area contributed by atoms with Crippen molar-refractivity contribution in [2.24, 2.45) is 0 Å². The van der Waals surface area contributed by atoms with E-state index in [1.165, 1.54) is 13.8 Å². The molecule has 0 spiro atoms. The standard InChI is InChI=1S/C12H14O3/c1-4-9-5-7-10(8-6-9)15-12(2,3)11(13)14/h4-8H,1H2,2-3H3,(H,13,14). The molecule has 0 saturated heterocycles. The SMILES string of the molecule is C=Cc1ccc(OC(C)(C)C(=O)O)cc1. The van der Waals surface area contributed by atoms with Crippen molar-refractivity contribution in [3.63, 3.8) is 0 Å². The van der Waals surface area contributed by atoms with E-state index in [1.807, 2.05) is 12.1 Å². The van der Waals surface area contributed by atoms with Gasteiger partial charge in [-0.25, -0.2) is 4.79 Å². The fourth-order valence-corrected chi connectivity index (χ4v) is 1.01. The minimum Gasteiger partial charge on any atom is -0.478 e. The first-order valence-electron chi connectivity index (χ1n) is 4.60. The lowest BCUT2D eigenvalue weighted by molar-refractivity contribution is -0.152. The lowest BCUT2D eigenvalue weighted by Crippen LogP contribution is -2.37. The third-order valence-electron chi connectivity index (χ3n) is 2.00. The van der Waals surface area contributed by atoms with Crippen molar-refractivity contribution in [2.45, 2.75) is 19.4 Å². The monoisotopic (exact) mass is 206 g/mol. The lowest BCUT2D eigenvalue weighted by Gasteiger charge is -2.21. The Labute approximate surface area is 89.0 Å². The predicted octanol–water partition coefficient (Wildman–Crippen LogP) is 2.57. The van der Waals surface area contributed by atoms with Crippen molar-refractivity contribution in [3.05, 3.63) is 36.4 Å². The second-order valence-electron chi connectivity index (χ2n) is 3.69. The number of carboxylic acid groups (broad SMARTS) is 1. The van der Waals surface area contributed by atoms with Crippen LogP contribution >= 0.6 is 0 Å². The lowest BCUT2D eigenvalue weighted by atomic mass is 10.1. The molecule has 0 aliphatic carbocycles. The predicted molar refractivity (Wildman–Crippen MR) is 58.9 cm³/mol. The maximum absolute atomic E-state index is 10.8. The third-order valence-corrected chi connectivity index (χ3v) is 2.00. The molecular weight excluding hydrogens is 192 g/mol. The topological polar surface area (TPSA) is 46.5 Å². The highest BCUT2D eigenvalue weighted by Gasteiger charge is 2.29. The van der Waals surface area contributed by atoms with Gasteiger partial charge >= 0.3 is 5.97 Å². The largest absolute Gasteiger partial charge is 0.478 e. The van der Waals surface area contributed by atoms with Crippen molar-refractivity contribution in [2.75, 3.05) is 0 Å². The number of rotatable bonds is 4. The van der Waals surface area contributed by atoms with E-state index in [0.717, 1.165) is 5.56 Å². The summed E-state index contributed by atoms with van der Waals surface area (Å²) in [4.78, 5) is 10.8. The van der Waals surface area contributed by atoms with E-state index < -0.39 is 11.6 Å². The number of carboxylic acids is 1. The summed E-state index contributed by atoms with van der Waals surface area (Å²) in [6, 6.07) is 7.09. The molecule has 3 nitrogen and oxygen atoms in total. The zero-order chi connectivity index (χ0) is 11.5. The summed E-state index contributed by atoms with van der Waals surface area (Å²) in [6.45, 7) is 6.65. The van der Waals surface area contributed by atoms with Crippen LogP contribution in [0.25, 0.3) is 6.08 Å². The highest BCUT2D eigenvalue weighted by atomic mass is 16.5. The summed E-state index contributed by atoms with van der Waals surface area (Å²) in [5, 5.41) is 8.86. The maximum Gasteiger partial charge on any atom is 0.347 e. The normalized spacial score (nSPS) is 10.8. The Morgan fingerprint density at radius 2 is 1.93 bits per heavy atom. The zero-order valence-electron chi connectivity index (χ0n) is 8.86. The van der Waals surface area contributed by atoms with Crippen molar-refractivity contribution < 1.29 is 14.6 Å². The van der Waals surface area contributed by atoms with E-state index in [-0.39, 0.29) is 0 Å². The Kier molecular flexibility index (Phi) is 3.14. The smallest absolute Gasteiger partial charge is 0.347 e. The molecule has 1 aromatic rings. The Morgan fingerprint density at radius 1 is 1.40 bits per heavy atom. The van der Waals surface area contributed by atoms with E-state index in [4.69, 9.17) is 9.84 Å². The van der Waals surface area contributed by atoms with Crippen LogP contribution in [-0.4, -0.2) is 16.7 Å². The molecule has 1 aromatic carbocycles. The Balaban J connectivity index is 2.81. The van der Waals surface area contributed by atoms with E-state index in [0.29, 0.717) is 5.75 Å². The quantitative estimate of drug-likeness (QED) is 0.823. The van der Waals surface area contributed by atoms with Gasteiger partial charge in [0.05, 0.1) is 0 Å². The molecule has 1 N–H and O–H groups in total. The van der Waals surface area contributed by atoms with Crippen LogP contribution < -0.4 is 4.74 Å². The van der Waals surface area contributed by atoms with E-state index in [1.54, 1.807) is 18.2 Å². The van der Waals surface area contributed by atoms with Gasteiger partial charge in [0.2, 0.25) is 0 Å². The van der Waals surface area contributed by atoms with Crippen molar-refractivity contribution in [3.8, 4) is 5.75 Å². The molecule has 0 amide bonds. The van der Waals surface area contributed by atoms with Crippen LogP contribution in [0.3, 0.4) is 0 Å². The number of hydrogen-bond acceptors (Lipinski definition) is 2. The number of benzene rings is 1. The van der Waals surface area contributed by atoms with Gasteiger partial charge in [-0.05, 0) is 31.5 Å². The highest BCUT2D eigenvalue weighted by Crippen LogP contribution is 2.19. The van der Waals surface area contributed by atoms with Crippen LogP contribution in [0.5, 0.6) is 5.75 Å². The zero-order valence-corrected chi connectivity index (χ0v) is 8.86. The average Bonchev–Trinajstić information content (AvgIpc) is 2.18. The molecule has 1 rings (SSSR count). The van der Waals surface area contributed by atoms with Crippen LogP contribution in [0.1, 0.15) is 19.4 Å². The minimum absolute atomic E-state index is 0.535. The number of carbonyl (C=O) groups is 1. The first-order chi connectivity index (χ1) is 6.95. The average molecular weight is 206 g/mol. The van der Waals surface area contributed by atoms with Crippen molar-refractivity contribution in [1.29, 1.82) is 0 Å². The van der Waals surface area contributed by atoms with Crippen LogP contribution in [0, 0.1) is 0 Å². The van der Waals surface area contributed by atoms with Gasteiger partial charge in [0.15, 0.2) is 5.60 Å².